The van der Waals surface area contributed by atoms with E-state index < -0.39 is 0 Å². The third-order valence-corrected chi connectivity index (χ3v) is 4.56. The van der Waals surface area contributed by atoms with Crippen molar-refractivity contribution in [1.82, 2.24) is 4.98 Å². The summed E-state index contributed by atoms with van der Waals surface area (Å²) in [4.78, 5) is 16.1. The van der Waals surface area contributed by atoms with Crippen molar-refractivity contribution in [3.63, 3.8) is 0 Å². The Morgan fingerprint density at radius 3 is 2.89 bits per heavy atom. The second-order valence-corrected chi connectivity index (χ2v) is 5.78. The molecule has 3 rings (SSSR count). The van der Waals surface area contributed by atoms with E-state index in [2.05, 4.69) is 10.3 Å². The number of ether oxygens (including phenoxy) is 1. The van der Waals surface area contributed by atoms with Gasteiger partial charge in [0.15, 0.2) is 0 Å². The monoisotopic (exact) mass is 260 g/mol. The zero-order valence-corrected chi connectivity index (χ0v) is 11.3. The van der Waals surface area contributed by atoms with E-state index in [0.717, 1.165) is 17.5 Å². The number of carbonyl (C=O) groups excluding carboxylic acids is 1. The predicted molar refractivity (Wildman–Crippen MR) is 73.0 cm³/mol. The zero-order chi connectivity index (χ0) is 13.2. The van der Waals surface area contributed by atoms with Crippen molar-refractivity contribution in [2.24, 2.45) is 17.8 Å². The van der Waals surface area contributed by atoms with Crippen LogP contribution in [0.15, 0.2) is 18.3 Å². The van der Waals surface area contributed by atoms with Crippen molar-refractivity contribution in [3.05, 3.63) is 18.3 Å². The van der Waals surface area contributed by atoms with E-state index in [0.29, 0.717) is 18.2 Å². The average Bonchev–Trinajstić information content (AvgIpc) is 3.02. The van der Waals surface area contributed by atoms with Crippen LogP contribution in [-0.2, 0) is 4.79 Å². The van der Waals surface area contributed by atoms with E-state index in [4.69, 9.17) is 4.74 Å². The number of nitrogens with one attached hydrogen (secondary N) is 1. The third-order valence-electron chi connectivity index (χ3n) is 4.56. The second kappa shape index (κ2) is 5.19. The van der Waals surface area contributed by atoms with Gasteiger partial charge in [0.2, 0.25) is 11.8 Å². The van der Waals surface area contributed by atoms with Gasteiger partial charge >= 0.3 is 0 Å². The van der Waals surface area contributed by atoms with E-state index in [1.807, 2.05) is 6.07 Å². The number of nitrogens with zero attached hydrogens (tertiary/aromatic N) is 1. The Balaban J connectivity index is 1.53. The Morgan fingerprint density at radius 1 is 1.42 bits per heavy atom. The fourth-order valence-electron chi connectivity index (χ4n) is 3.65. The minimum atomic E-state index is 0.115. The maximum absolute atomic E-state index is 12.0. The second-order valence-electron chi connectivity index (χ2n) is 5.78. The summed E-state index contributed by atoms with van der Waals surface area (Å²) in [5.41, 5.74) is 0.744. The molecule has 0 spiro atoms. The van der Waals surface area contributed by atoms with Crippen LogP contribution in [0.3, 0.4) is 0 Å². The largest absolute Gasteiger partial charge is 0.481 e. The van der Waals surface area contributed by atoms with Gasteiger partial charge in [-0.1, -0.05) is 6.42 Å². The van der Waals surface area contributed by atoms with Crippen LogP contribution >= 0.6 is 0 Å². The zero-order valence-electron chi connectivity index (χ0n) is 11.3. The summed E-state index contributed by atoms with van der Waals surface area (Å²) in [5.74, 6) is 2.97. The fraction of sp³-hybridized carbons (Fsp3) is 0.600. The summed E-state index contributed by atoms with van der Waals surface area (Å²) < 4.78 is 4.99. The number of rotatable bonds is 4. The molecule has 1 aromatic heterocycles. The molecule has 0 radical (unpaired) electrons. The first kappa shape index (κ1) is 12.5. The molecule has 1 N–H and O–H groups in total. The quantitative estimate of drug-likeness (QED) is 0.905. The average molecular weight is 260 g/mol. The highest BCUT2D eigenvalue weighted by Gasteiger charge is 2.40. The van der Waals surface area contributed by atoms with Crippen LogP contribution < -0.4 is 10.1 Å². The van der Waals surface area contributed by atoms with Gasteiger partial charge in [-0.05, 0) is 43.1 Å². The van der Waals surface area contributed by atoms with Crippen molar-refractivity contribution in [3.8, 4) is 5.88 Å². The molecule has 0 saturated heterocycles. The number of carbonyl (C=O) groups is 1. The number of amides is 1. The molecule has 2 bridgehead atoms. The van der Waals surface area contributed by atoms with E-state index in [9.17, 15) is 4.79 Å². The van der Waals surface area contributed by atoms with E-state index in [1.54, 1.807) is 19.4 Å². The maximum atomic E-state index is 12.0. The Bertz CT molecular complexity index is 458. The van der Waals surface area contributed by atoms with Crippen LogP contribution in [0.1, 0.15) is 32.1 Å². The van der Waals surface area contributed by atoms with Crippen molar-refractivity contribution in [2.45, 2.75) is 32.1 Å². The van der Waals surface area contributed by atoms with E-state index in [-0.39, 0.29) is 5.91 Å². The van der Waals surface area contributed by atoms with Crippen LogP contribution in [0.25, 0.3) is 0 Å². The van der Waals surface area contributed by atoms with Gasteiger partial charge in [0, 0.05) is 12.5 Å². The van der Waals surface area contributed by atoms with Crippen LogP contribution in [0.2, 0.25) is 0 Å². The van der Waals surface area contributed by atoms with Gasteiger partial charge < -0.3 is 10.1 Å². The van der Waals surface area contributed by atoms with Crippen molar-refractivity contribution < 1.29 is 9.53 Å². The Kier molecular flexibility index (Phi) is 3.40. The van der Waals surface area contributed by atoms with Gasteiger partial charge in [-0.3, -0.25) is 4.79 Å². The molecule has 0 unspecified atom stereocenters. The van der Waals surface area contributed by atoms with Gasteiger partial charge in [-0.15, -0.1) is 0 Å². The molecular formula is C15H20N2O2. The first-order valence-electron chi connectivity index (χ1n) is 7.04. The molecule has 0 aliphatic heterocycles. The Morgan fingerprint density at radius 2 is 2.32 bits per heavy atom. The van der Waals surface area contributed by atoms with E-state index >= 15 is 0 Å². The number of fused-ring (bicyclic) bond motifs is 2. The van der Waals surface area contributed by atoms with Gasteiger partial charge in [0.1, 0.15) is 0 Å². The lowest BCUT2D eigenvalue weighted by molar-refractivity contribution is -0.117. The predicted octanol–water partition coefficient (Wildman–Crippen LogP) is 2.86. The number of anilines is 1. The molecule has 1 amide bonds. The summed E-state index contributed by atoms with van der Waals surface area (Å²) >= 11 is 0. The highest BCUT2D eigenvalue weighted by molar-refractivity contribution is 5.90. The van der Waals surface area contributed by atoms with Crippen LogP contribution in [-0.4, -0.2) is 18.0 Å². The lowest BCUT2D eigenvalue weighted by atomic mass is 9.86. The number of pyridine rings is 1. The maximum Gasteiger partial charge on any atom is 0.224 e. The summed E-state index contributed by atoms with van der Waals surface area (Å²) in [6.07, 6.45) is 7.60. The lowest BCUT2D eigenvalue weighted by Crippen LogP contribution is -2.20. The van der Waals surface area contributed by atoms with Crippen LogP contribution in [0, 0.1) is 17.8 Å². The van der Waals surface area contributed by atoms with Crippen LogP contribution in [0.5, 0.6) is 5.88 Å². The highest BCUT2D eigenvalue weighted by atomic mass is 16.5. The number of hydrogen-bond acceptors (Lipinski definition) is 3. The number of aromatic nitrogens is 1. The summed E-state index contributed by atoms with van der Waals surface area (Å²) in [7, 11) is 1.58. The molecular weight excluding hydrogens is 240 g/mol. The number of hydrogen-bond donors (Lipinski definition) is 1. The van der Waals surface area contributed by atoms with Gasteiger partial charge in [-0.25, -0.2) is 4.98 Å². The molecule has 2 saturated carbocycles. The SMILES string of the molecule is COc1ccc(NC(=O)C[C@@H]2C[C@@H]3CC[C@H]2C3)cn1. The summed E-state index contributed by atoms with van der Waals surface area (Å²) in [6.45, 7) is 0. The van der Waals surface area contributed by atoms with Crippen molar-refractivity contribution in [2.75, 3.05) is 12.4 Å². The van der Waals surface area contributed by atoms with Crippen LogP contribution in [0.4, 0.5) is 5.69 Å². The molecule has 102 valence electrons. The molecule has 4 heteroatoms. The molecule has 1 aromatic rings. The Hall–Kier alpha value is -1.58. The third kappa shape index (κ3) is 2.72. The highest BCUT2D eigenvalue weighted by Crippen LogP contribution is 2.49. The standard InChI is InChI=1S/C15H20N2O2/c1-19-15-5-4-13(9-16-15)17-14(18)8-12-7-10-2-3-11(12)6-10/h4-5,9-12H,2-3,6-8H2,1H3,(H,17,18)/t10-,11+,12+/m1/s1. The molecule has 0 aromatic carbocycles. The molecule has 2 fully saturated rings. The molecule has 19 heavy (non-hydrogen) atoms. The first-order valence-corrected chi connectivity index (χ1v) is 7.04. The molecule has 2 aliphatic carbocycles. The van der Waals surface area contributed by atoms with E-state index in [1.165, 1.54) is 25.7 Å². The fourth-order valence-corrected chi connectivity index (χ4v) is 3.65. The minimum absolute atomic E-state index is 0.115. The normalized spacial score (nSPS) is 28.4. The first-order chi connectivity index (χ1) is 9.24. The Labute approximate surface area is 113 Å². The summed E-state index contributed by atoms with van der Waals surface area (Å²) in [5, 5.41) is 2.92. The van der Waals surface area contributed by atoms with Crippen molar-refractivity contribution >= 4 is 11.6 Å². The topological polar surface area (TPSA) is 51.2 Å². The van der Waals surface area contributed by atoms with Gasteiger partial charge in [0.25, 0.3) is 0 Å². The number of methoxy groups -OCH3 is 1. The van der Waals surface area contributed by atoms with Gasteiger partial charge in [-0.2, -0.15) is 0 Å². The molecule has 4 nitrogen and oxygen atoms in total. The minimum Gasteiger partial charge on any atom is -0.481 e. The molecule has 1 heterocycles. The van der Waals surface area contributed by atoms with Crippen molar-refractivity contribution in [1.29, 1.82) is 0 Å². The molecule has 3 atom stereocenters. The molecule has 2 aliphatic rings. The van der Waals surface area contributed by atoms with Gasteiger partial charge in [0.05, 0.1) is 19.0 Å². The summed E-state index contributed by atoms with van der Waals surface area (Å²) in [6, 6.07) is 3.58. The lowest BCUT2D eigenvalue weighted by Gasteiger charge is -2.20. The smallest absolute Gasteiger partial charge is 0.224 e.